The van der Waals surface area contributed by atoms with Crippen molar-refractivity contribution in [1.29, 1.82) is 0 Å². The van der Waals surface area contributed by atoms with Crippen molar-refractivity contribution in [3.63, 3.8) is 0 Å². The maximum absolute atomic E-state index is 11.4. The van der Waals surface area contributed by atoms with Crippen LogP contribution in [-0.4, -0.2) is 5.78 Å². The summed E-state index contributed by atoms with van der Waals surface area (Å²) in [6, 6.07) is 0. The number of hydrogen-bond acceptors (Lipinski definition) is 1. The first-order valence-corrected chi connectivity index (χ1v) is 4.62. The van der Waals surface area contributed by atoms with E-state index in [1.165, 1.54) is 32.1 Å². The minimum Gasteiger partial charge on any atom is -0.299 e. The van der Waals surface area contributed by atoms with Gasteiger partial charge in [-0.2, -0.15) is 0 Å². The normalized spacial score (nSPS) is 48.2. The van der Waals surface area contributed by atoms with Crippen molar-refractivity contribution in [3.05, 3.63) is 0 Å². The van der Waals surface area contributed by atoms with Crippen molar-refractivity contribution in [3.8, 4) is 0 Å². The molecule has 0 spiro atoms. The number of carbonyl (C=O) groups is 1. The summed E-state index contributed by atoms with van der Waals surface area (Å²) in [7, 11) is 0. The zero-order valence-corrected chi connectivity index (χ0v) is 7.44. The van der Waals surface area contributed by atoms with Crippen molar-refractivity contribution in [2.24, 2.45) is 10.8 Å². The third-order valence-corrected chi connectivity index (χ3v) is 3.98. The molecule has 0 saturated heterocycles. The highest BCUT2D eigenvalue weighted by atomic mass is 16.1. The number of hydrogen-bond donors (Lipinski definition) is 0. The van der Waals surface area contributed by atoms with Gasteiger partial charge < -0.3 is 0 Å². The first kappa shape index (κ1) is 7.33. The van der Waals surface area contributed by atoms with Crippen LogP contribution < -0.4 is 0 Å². The third kappa shape index (κ3) is 0.743. The molecule has 2 fully saturated rings. The highest BCUT2D eigenvalue weighted by molar-refractivity contribution is 5.86. The Kier molecular flexibility index (Phi) is 1.25. The molecule has 0 aromatic rings. The summed E-state index contributed by atoms with van der Waals surface area (Å²) in [6.45, 7) is 4.06. The van der Waals surface area contributed by atoms with Crippen LogP contribution >= 0.6 is 0 Å². The first-order valence-electron chi connectivity index (χ1n) is 4.62. The predicted molar refractivity (Wildman–Crippen MR) is 44.3 cm³/mol. The molecule has 0 unspecified atom stereocenters. The summed E-state index contributed by atoms with van der Waals surface area (Å²) in [4.78, 5) is 11.4. The third-order valence-electron chi connectivity index (χ3n) is 3.98. The van der Waals surface area contributed by atoms with Crippen LogP contribution in [0.3, 0.4) is 0 Å². The number of ketones is 1. The van der Waals surface area contributed by atoms with Gasteiger partial charge in [0.1, 0.15) is 5.78 Å². The zero-order valence-electron chi connectivity index (χ0n) is 7.44. The van der Waals surface area contributed by atoms with Crippen LogP contribution in [0.4, 0.5) is 0 Å². The highest BCUT2D eigenvalue weighted by Crippen LogP contribution is 2.71. The standard InChI is InChI=1S/C10H16O/c1-8(11)10-6-4-3-5-9(10,2)7-10/h3-7H2,1-2H3/t9-,10+/m1/s1. The molecule has 1 heteroatoms. The second-order valence-corrected chi connectivity index (χ2v) is 4.58. The average molecular weight is 152 g/mol. The molecule has 0 aromatic heterocycles. The van der Waals surface area contributed by atoms with Crippen LogP contribution in [0.1, 0.15) is 46.0 Å². The van der Waals surface area contributed by atoms with Gasteiger partial charge in [-0.3, -0.25) is 4.79 Å². The fourth-order valence-electron chi connectivity index (χ4n) is 3.01. The van der Waals surface area contributed by atoms with Gasteiger partial charge in [-0.25, -0.2) is 0 Å². The van der Waals surface area contributed by atoms with E-state index >= 15 is 0 Å². The first-order chi connectivity index (χ1) is 5.11. The van der Waals surface area contributed by atoms with Crippen molar-refractivity contribution in [2.75, 3.05) is 0 Å². The van der Waals surface area contributed by atoms with Crippen molar-refractivity contribution in [2.45, 2.75) is 46.0 Å². The van der Waals surface area contributed by atoms with Gasteiger partial charge in [-0.15, -0.1) is 0 Å². The molecule has 0 aliphatic heterocycles. The van der Waals surface area contributed by atoms with E-state index in [0.717, 1.165) is 0 Å². The van der Waals surface area contributed by atoms with Gasteiger partial charge in [0.05, 0.1) is 0 Å². The van der Waals surface area contributed by atoms with Crippen LogP contribution in [0.5, 0.6) is 0 Å². The molecule has 11 heavy (non-hydrogen) atoms. The van der Waals surface area contributed by atoms with E-state index < -0.39 is 0 Å². The van der Waals surface area contributed by atoms with E-state index in [1.54, 1.807) is 6.92 Å². The van der Waals surface area contributed by atoms with Gasteiger partial charge in [-0.1, -0.05) is 19.8 Å². The molecule has 2 saturated carbocycles. The number of rotatable bonds is 1. The van der Waals surface area contributed by atoms with E-state index in [-0.39, 0.29) is 5.41 Å². The van der Waals surface area contributed by atoms with E-state index in [9.17, 15) is 4.79 Å². The van der Waals surface area contributed by atoms with Gasteiger partial charge in [0.15, 0.2) is 0 Å². The highest BCUT2D eigenvalue weighted by Gasteiger charge is 2.67. The molecule has 0 radical (unpaired) electrons. The Morgan fingerprint density at radius 3 is 2.36 bits per heavy atom. The smallest absolute Gasteiger partial charge is 0.136 e. The van der Waals surface area contributed by atoms with Gasteiger partial charge in [0, 0.05) is 5.41 Å². The fraction of sp³-hybridized carbons (Fsp3) is 0.900. The minimum atomic E-state index is 0.144. The van der Waals surface area contributed by atoms with Crippen LogP contribution in [0, 0.1) is 10.8 Å². The molecule has 62 valence electrons. The molecule has 0 heterocycles. The Bertz CT molecular complexity index is 205. The number of carbonyl (C=O) groups excluding carboxylic acids is 1. The Morgan fingerprint density at radius 1 is 1.27 bits per heavy atom. The lowest BCUT2D eigenvalue weighted by Crippen LogP contribution is -2.23. The molecule has 2 rings (SSSR count). The Hall–Kier alpha value is -0.330. The zero-order chi connectivity index (χ0) is 8.11. The topological polar surface area (TPSA) is 17.1 Å². The monoisotopic (exact) mass is 152 g/mol. The molecule has 0 bridgehead atoms. The second-order valence-electron chi connectivity index (χ2n) is 4.58. The quantitative estimate of drug-likeness (QED) is 0.564. The minimum absolute atomic E-state index is 0.144. The van der Waals surface area contributed by atoms with Crippen molar-refractivity contribution in [1.82, 2.24) is 0 Å². The van der Waals surface area contributed by atoms with Gasteiger partial charge >= 0.3 is 0 Å². The fourth-order valence-corrected chi connectivity index (χ4v) is 3.01. The van der Waals surface area contributed by atoms with Crippen molar-refractivity contribution < 1.29 is 4.79 Å². The lowest BCUT2D eigenvalue weighted by atomic mass is 9.78. The summed E-state index contributed by atoms with van der Waals surface area (Å²) < 4.78 is 0. The van der Waals surface area contributed by atoms with Gasteiger partial charge in [0.25, 0.3) is 0 Å². The van der Waals surface area contributed by atoms with Gasteiger partial charge in [-0.05, 0) is 31.6 Å². The summed E-state index contributed by atoms with van der Waals surface area (Å²) in [5.41, 5.74) is 0.558. The molecule has 0 N–H and O–H groups in total. The largest absolute Gasteiger partial charge is 0.299 e. The maximum atomic E-state index is 11.4. The lowest BCUT2D eigenvalue weighted by molar-refractivity contribution is -0.124. The number of fused-ring (bicyclic) bond motifs is 1. The van der Waals surface area contributed by atoms with Crippen molar-refractivity contribution >= 4 is 5.78 Å². The molecular formula is C10H16O. The molecule has 2 atom stereocenters. The maximum Gasteiger partial charge on any atom is 0.136 e. The van der Waals surface area contributed by atoms with Crippen LogP contribution in [0.25, 0.3) is 0 Å². The Labute approximate surface area is 68.2 Å². The molecule has 1 nitrogen and oxygen atoms in total. The molecule has 0 amide bonds. The summed E-state index contributed by atoms with van der Waals surface area (Å²) in [5.74, 6) is 0.444. The van der Waals surface area contributed by atoms with Gasteiger partial charge in [0.2, 0.25) is 0 Å². The Morgan fingerprint density at radius 2 is 1.91 bits per heavy atom. The van der Waals surface area contributed by atoms with E-state index in [0.29, 0.717) is 11.2 Å². The predicted octanol–water partition coefficient (Wildman–Crippen LogP) is 2.55. The summed E-state index contributed by atoms with van der Waals surface area (Å²) >= 11 is 0. The molecule has 0 aromatic carbocycles. The van der Waals surface area contributed by atoms with Crippen LogP contribution in [0.15, 0.2) is 0 Å². The molecule has 2 aliphatic carbocycles. The number of Topliss-reactive ketones (excluding diaryl/α,β-unsaturated/α-hetero) is 1. The average Bonchev–Trinajstić information content (AvgIpc) is 2.56. The lowest BCUT2D eigenvalue weighted by Gasteiger charge is -2.25. The second kappa shape index (κ2) is 1.88. The van der Waals surface area contributed by atoms with Crippen LogP contribution in [0.2, 0.25) is 0 Å². The van der Waals surface area contributed by atoms with Crippen LogP contribution in [-0.2, 0) is 4.79 Å². The van der Waals surface area contributed by atoms with E-state index in [4.69, 9.17) is 0 Å². The Balaban J connectivity index is 2.23. The SMILES string of the molecule is CC(=O)[C@@]12CCCC[C@]1(C)C2. The summed E-state index contributed by atoms with van der Waals surface area (Å²) in [5, 5.41) is 0. The van der Waals surface area contributed by atoms with E-state index in [1.807, 2.05) is 0 Å². The van der Waals surface area contributed by atoms with E-state index in [2.05, 4.69) is 6.92 Å². The molecule has 2 aliphatic rings. The summed E-state index contributed by atoms with van der Waals surface area (Å²) in [6.07, 6.45) is 6.24. The molecular weight excluding hydrogens is 136 g/mol.